The summed E-state index contributed by atoms with van der Waals surface area (Å²) in [6.45, 7) is 1.51. The maximum Gasteiger partial charge on any atom is 0.221 e. The van der Waals surface area contributed by atoms with Gasteiger partial charge in [0.25, 0.3) is 0 Å². The van der Waals surface area contributed by atoms with Crippen LogP contribution < -0.4 is 5.32 Å². The van der Waals surface area contributed by atoms with Crippen molar-refractivity contribution in [3.8, 4) is 10.6 Å². The van der Waals surface area contributed by atoms with Gasteiger partial charge >= 0.3 is 0 Å². The van der Waals surface area contributed by atoms with Gasteiger partial charge in [-0.05, 0) is 24.3 Å². The number of aromatic nitrogens is 2. The van der Waals surface area contributed by atoms with Crippen LogP contribution in [0.25, 0.3) is 31.0 Å². The summed E-state index contributed by atoms with van der Waals surface area (Å²) in [7, 11) is 0. The first-order valence-electron chi connectivity index (χ1n) is 6.73. The predicted octanol–water partition coefficient (Wildman–Crippen LogP) is 4.53. The van der Waals surface area contributed by atoms with Crippen molar-refractivity contribution in [3.05, 3.63) is 42.6 Å². The molecule has 0 spiro atoms. The Balaban J connectivity index is 2.00. The van der Waals surface area contributed by atoms with Crippen LogP contribution in [0.2, 0.25) is 0 Å². The molecule has 3 heterocycles. The number of carbonyl (C=O) groups excluding carboxylic acids is 1. The van der Waals surface area contributed by atoms with E-state index in [-0.39, 0.29) is 5.91 Å². The van der Waals surface area contributed by atoms with Gasteiger partial charge in [0.1, 0.15) is 14.8 Å². The largest absolute Gasteiger partial charge is 0.317 e. The molecule has 6 heteroatoms. The molecule has 4 nitrogen and oxygen atoms in total. The second kappa shape index (κ2) is 5.15. The van der Waals surface area contributed by atoms with Gasteiger partial charge in [-0.2, -0.15) is 0 Å². The number of hydrogen-bond acceptors (Lipinski definition) is 5. The van der Waals surface area contributed by atoms with Crippen LogP contribution in [-0.4, -0.2) is 15.9 Å². The van der Waals surface area contributed by atoms with Gasteiger partial charge in [0.05, 0.1) is 15.8 Å². The molecule has 0 bridgehead atoms. The molecule has 1 N–H and O–H groups in total. The minimum atomic E-state index is -0.0890. The average molecular weight is 325 g/mol. The number of nitrogens with one attached hydrogen (secondary N) is 1. The summed E-state index contributed by atoms with van der Waals surface area (Å²) in [6, 6.07) is 12.0. The lowest BCUT2D eigenvalue weighted by Crippen LogP contribution is -2.04. The number of nitrogens with zero attached hydrogens (tertiary/aromatic N) is 2. The van der Waals surface area contributed by atoms with Crippen LogP contribution in [-0.2, 0) is 4.79 Å². The fourth-order valence-corrected chi connectivity index (χ4v) is 4.56. The van der Waals surface area contributed by atoms with E-state index in [0.29, 0.717) is 0 Å². The van der Waals surface area contributed by atoms with E-state index in [0.717, 1.165) is 36.0 Å². The van der Waals surface area contributed by atoms with Crippen molar-refractivity contribution in [1.29, 1.82) is 0 Å². The van der Waals surface area contributed by atoms with Crippen LogP contribution in [0.1, 0.15) is 6.92 Å². The number of pyridine rings is 1. The maximum absolute atomic E-state index is 11.5. The van der Waals surface area contributed by atoms with Gasteiger partial charge < -0.3 is 5.32 Å². The number of thiazole rings is 1. The summed E-state index contributed by atoms with van der Waals surface area (Å²) in [5, 5.41) is 5.65. The number of rotatable bonds is 2. The molecule has 108 valence electrons. The summed E-state index contributed by atoms with van der Waals surface area (Å²) in [4.78, 5) is 21.5. The monoisotopic (exact) mass is 325 g/mol. The third-order valence-corrected chi connectivity index (χ3v) is 5.35. The lowest BCUT2D eigenvalue weighted by atomic mass is 10.2. The number of fused-ring (bicyclic) bond motifs is 2. The normalized spacial score (nSPS) is 11.1. The minimum Gasteiger partial charge on any atom is -0.317 e. The summed E-state index contributed by atoms with van der Waals surface area (Å²) in [5.41, 5.74) is 1.93. The van der Waals surface area contributed by atoms with Gasteiger partial charge in [-0.25, -0.2) is 9.97 Å². The van der Waals surface area contributed by atoms with Crippen molar-refractivity contribution < 1.29 is 4.79 Å². The molecular formula is C16H11N3OS2. The van der Waals surface area contributed by atoms with Crippen molar-refractivity contribution in [2.75, 3.05) is 5.32 Å². The van der Waals surface area contributed by atoms with Crippen molar-refractivity contribution in [2.24, 2.45) is 0 Å². The zero-order chi connectivity index (χ0) is 15.1. The highest BCUT2D eigenvalue weighted by molar-refractivity contribution is 7.25. The standard InChI is InChI=1S/C16H11N3OS2/c1-9(20)18-15-13(10-5-4-8-17-14(10)22-15)16-19-11-6-2-3-7-12(11)21-16/h2-8H,1H3,(H,18,20). The molecule has 0 fully saturated rings. The summed E-state index contributed by atoms with van der Waals surface area (Å²) in [5.74, 6) is -0.0890. The van der Waals surface area contributed by atoms with Crippen molar-refractivity contribution in [2.45, 2.75) is 6.92 Å². The summed E-state index contributed by atoms with van der Waals surface area (Å²) < 4.78 is 1.13. The Kier molecular flexibility index (Phi) is 3.13. The Labute approximate surface area is 134 Å². The van der Waals surface area contributed by atoms with Gasteiger partial charge in [0.15, 0.2) is 0 Å². The molecule has 0 radical (unpaired) electrons. The number of hydrogen-bond donors (Lipinski definition) is 1. The number of para-hydroxylation sites is 1. The van der Waals surface area contributed by atoms with Gasteiger partial charge in [-0.3, -0.25) is 4.79 Å². The van der Waals surface area contributed by atoms with Gasteiger partial charge in [0.2, 0.25) is 5.91 Å². The number of thiophene rings is 1. The average Bonchev–Trinajstić information content (AvgIpc) is 3.06. The van der Waals surface area contributed by atoms with Crippen LogP contribution in [0.3, 0.4) is 0 Å². The molecule has 3 aromatic heterocycles. The molecule has 0 saturated heterocycles. The Bertz CT molecular complexity index is 970. The zero-order valence-electron chi connectivity index (χ0n) is 11.7. The van der Waals surface area contributed by atoms with Gasteiger partial charge in [-0.15, -0.1) is 11.3 Å². The quantitative estimate of drug-likeness (QED) is 0.589. The van der Waals surface area contributed by atoms with Gasteiger partial charge in [0, 0.05) is 18.5 Å². The van der Waals surface area contributed by atoms with E-state index >= 15 is 0 Å². The highest BCUT2D eigenvalue weighted by Crippen LogP contribution is 2.44. The minimum absolute atomic E-state index is 0.0890. The Morgan fingerprint density at radius 2 is 2.00 bits per heavy atom. The van der Waals surface area contributed by atoms with E-state index in [1.165, 1.54) is 18.3 Å². The van der Waals surface area contributed by atoms with Crippen LogP contribution in [0.5, 0.6) is 0 Å². The molecule has 22 heavy (non-hydrogen) atoms. The van der Waals surface area contributed by atoms with Crippen molar-refractivity contribution in [1.82, 2.24) is 9.97 Å². The smallest absolute Gasteiger partial charge is 0.221 e. The molecule has 0 unspecified atom stereocenters. The highest BCUT2D eigenvalue weighted by Gasteiger charge is 2.18. The lowest BCUT2D eigenvalue weighted by Gasteiger charge is -2.01. The van der Waals surface area contributed by atoms with Crippen molar-refractivity contribution in [3.63, 3.8) is 0 Å². The SMILES string of the molecule is CC(=O)Nc1sc2ncccc2c1-c1nc2ccccc2s1. The third-order valence-electron chi connectivity index (χ3n) is 3.26. The number of benzene rings is 1. The maximum atomic E-state index is 11.5. The Hall–Kier alpha value is -2.31. The molecule has 0 aliphatic rings. The van der Waals surface area contributed by atoms with E-state index in [9.17, 15) is 4.79 Å². The zero-order valence-corrected chi connectivity index (χ0v) is 13.3. The number of anilines is 1. The molecule has 0 aliphatic heterocycles. The summed E-state index contributed by atoms with van der Waals surface area (Å²) in [6.07, 6.45) is 1.76. The molecule has 1 amide bonds. The van der Waals surface area contributed by atoms with E-state index in [4.69, 9.17) is 4.98 Å². The fraction of sp³-hybridized carbons (Fsp3) is 0.0625. The molecular weight excluding hydrogens is 314 g/mol. The van der Waals surface area contributed by atoms with Crippen LogP contribution in [0.15, 0.2) is 42.6 Å². The highest BCUT2D eigenvalue weighted by atomic mass is 32.1. The van der Waals surface area contributed by atoms with E-state index in [1.807, 2.05) is 30.3 Å². The first-order chi connectivity index (χ1) is 10.7. The molecule has 0 aliphatic carbocycles. The molecule has 0 atom stereocenters. The number of amides is 1. The third kappa shape index (κ3) is 2.17. The van der Waals surface area contributed by atoms with Crippen LogP contribution >= 0.6 is 22.7 Å². The number of carbonyl (C=O) groups is 1. The second-order valence-electron chi connectivity index (χ2n) is 4.83. The lowest BCUT2D eigenvalue weighted by molar-refractivity contribution is -0.114. The molecule has 4 rings (SSSR count). The Morgan fingerprint density at radius 1 is 1.14 bits per heavy atom. The molecule has 4 aromatic rings. The fourth-order valence-electron chi connectivity index (χ4n) is 2.37. The van der Waals surface area contributed by atoms with Crippen LogP contribution in [0, 0.1) is 0 Å². The van der Waals surface area contributed by atoms with E-state index < -0.39 is 0 Å². The van der Waals surface area contributed by atoms with E-state index in [2.05, 4.69) is 16.4 Å². The molecule has 1 aromatic carbocycles. The summed E-state index contributed by atoms with van der Waals surface area (Å²) >= 11 is 3.11. The Morgan fingerprint density at radius 3 is 2.82 bits per heavy atom. The van der Waals surface area contributed by atoms with Crippen molar-refractivity contribution >= 4 is 54.0 Å². The second-order valence-corrected chi connectivity index (χ2v) is 6.86. The van der Waals surface area contributed by atoms with E-state index in [1.54, 1.807) is 17.5 Å². The first-order valence-corrected chi connectivity index (χ1v) is 8.37. The van der Waals surface area contributed by atoms with Crippen LogP contribution in [0.4, 0.5) is 5.00 Å². The molecule has 0 saturated carbocycles. The topological polar surface area (TPSA) is 54.9 Å². The van der Waals surface area contributed by atoms with Gasteiger partial charge in [-0.1, -0.05) is 23.5 Å². The predicted molar refractivity (Wildman–Crippen MR) is 92.5 cm³/mol. The first kappa shape index (κ1) is 13.4.